The molecule has 1 amide bonds. The van der Waals surface area contributed by atoms with E-state index in [2.05, 4.69) is 0 Å². The lowest BCUT2D eigenvalue weighted by molar-refractivity contribution is -0.151. The van der Waals surface area contributed by atoms with Crippen LogP contribution in [0.2, 0.25) is 0 Å². The van der Waals surface area contributed by atoms with E-state index in [1.807, 2.05) is 13.0 Å². The first-order chi connectivity index (χ1) is 14.4. The van der Waals surface area contributed by atoms with Crippen LogP contribution in [0.1, 0.15) is 42.8 Å². The molecule has 2 heterocycles. The Morgan fingerprint density at radius 1 is 1.10 bits per heavy atom. The summed E-state index contributed by atoms with van der Waals surface area (Å²) in [5.74, 6) is -0.614. The average Bonchev–Trinajstić information content (AvgIpc) is 3.08. The summed E-state index contributed by atoms with van der Waals surface area (Å²) in [6.45, 7) is 6.81. The Hall–Kier alpha value is -3.03. The van der Waals surface area contributed by atoms with Crippen molar-refractivity contribution < 1.29 is 33.0 Å². The summed E-state index contributed by atoms with van der Waals surface area (Å²) in [7, 11) is 0. The number of hydrogen-bond donors (Lipinski definition) is 0. The number of hydrogen-bond acceptors (Lipinski definition) is 7. The van der Waals surface area contributed by atoms with Gasteiger partial charge in [0.25, 0.3) is 5.91 Å². The van der Waals surface area contributed by atoms with Gasteiger partial charge in [0.1, 0.15) is 11.3 Å². The molecule has 1 aliphatic rings. The minimum atomic E-state index is -0.684. The number of ether oxygens (including phenoxy) is 3. The summed E-state index contributed by atoms with van der Waals surface area (Å²) < 4.78 is 21.3. The van der Waals surface area contributed by atoms with Gasteiger partial charge >= 0.3 is 11.9 Å². The SMILES string of the molecule is CCOC(=O)C1CCN(C(=O)COC(=O)c2oc3ccc(OCC)cc3c2C)CC1. The molecule has 1 aromatic heterocycles. The average molecular weight is 417 g/mol. The third-order valence-corrected chi connectivity index (χ3v) is 5.20. The highest BCUT2D eigenvalue weighted by Crippen LogP contribution is 2.29. The number of amides is 1. The lowest BCUT2D eigenvalue weighted by atomic mass is 9.97. The van der Waals surface area contributed by atoms with Crippen molar-refractivity contribution in [3.8, 4) is 5.75 Å². The first kappa shape index (κ1) is 21.7. The van der Waals surface area contributed by atoms with Crippen LogP contribution in [0, 0.1) is 12.8 Å². The van der Waals surface area contributed by atoms with Gasteiger partial charge in [-0.1, -0.05) is 0 Å². The van der Waals surface area contributed by atoms with Crippen molar-refractivity contribution in [3.63, 3.8) is 0 Å². The number of fused-ring (bicyclic) bond motifs is 1. The van der Waals surface area contributed by atoms with Gasteiger partial charge in [-0.15, -0.1) is 0 Å². The summed E-state index contributed by atoms with van der Waals surface area (Å²) in [5.41, 5.74) is 1.19. The Kier molecular flexibility index (Phi) is 6.97. The molecule has 0 radical (unpaired) electrons. The number of nitrogens with zero attached hydrogens (tertiary/aromatic N) is 1. The Bertz CT molecular complexity index is 925. The second-order valence-corrected chi connectivity index (χ2v) is 7.13. The maximum absolute atomic E-state index is 12.5. The first-order valence-electron chi connectivity index (χ1n) is 10.2. The summed E-state index contributed by atoms with van der Waals surface area (Å²) in [6, 6.07) is 5.32. The van der Waals surface area contributed by atoms with Gasteiger partial charge in [0.2, 0.25) is 5.76 Å². The maximum Gasteiger partial charge on any atom is 0.375 e. The van der Waals surface area contributed by atoms with Crippen LogP contribution >= 0.6 is 0 Å². The van der Waals surface area contributed by atoms with Gasteiger partial charge < -0.3 is 23.5 Å². The van der Waals surface area contributed by atoms with Crippen LogP contribution in [0.25, 0.3) is 11.0 Å². The van der Waals surface area contributed by atoms with Crippen LogP contribution in [0.3, 0.4) is 0 Å². The Balaban J connectivity index is 1.56. The Morgan fingerprint density at radius 3 is 2.50 bits per heavy atom. The number of piperidine rings is 1. The molecule has 0 unspecified atom stereocenters. The fraction of sp³-hybridized carbons (Fsp3) is 0.500. The van der Waals surface area contributed by atoms with Crippen LogP contribution in [0.15, 0.2) is 22.6 Å². The third-order valence-electron chi connectivity index (χ3n) is 5.20. The molecule has 0 bridgehead atoms. The van der Waals surface area contributed by atoms with Gasteiger partial charge in [-0.05, 0) is 51.8 Å². The molecular weight excluding hydrogens is 390 g/mol. The van der Waals surface area contributed by atoms with Gasteiger partial charge in [0.15, 0.2) is 6.61 Å². The third kappa shape index (κ3) is 4.75. The van der Waals surface area contributed by atoms with E-state index in [4.69, 9.17) is 18.6 Å². The summed E-state index contributed by atoms with van der Waals surface area (Å²) >= 11 is 0. The van der Waals surface area contributed by atoms with E-state index in [-0.39, 0.29) is 30.2 Å². The Morgan fingerprint density at radius 2 is 1.83 bits per heavy atom. The number of aryl methyl sites for hydroxylation is 1. The Labute approximate surface area is 175 Å². The van der Waals surface area contributed by atoms with Crippen molar-refractivity contribution >= 4 is 28.8 Å². The highest BCUT2D eigenvalue weighted by atomic mass is 16.5. The van der Waals surface area contributed by atoms with E-state index in [0.717, 1.165) is 5.39 Å². The maximum atomic E-state index is 12.5. The number of carbonyl (C=O) groups excluding carboxylic acids is 3. The largest absolute Gasteiger partial charge is 0.494 e. The standard InChI is InChI=1S/C22H27NO7/c1-4-27-16-6-7-18-17(12-16)14(3)20(30-18)22(26)29-13-19(24)23-10-8-15(9-11-23)21(25)28-5-2/h6-7,12,15H,4-5,8-11,13H2,1-3H3. The lowest BCUT2D eigenvalue weighted by Crippen LogP contribution is -2.42. The molecule has 1 aliphatic heterocycles. The molecule has 1 aromatic carbocycles. The van der Waals surface area contributed by atoms with Gasteiger partial charge in [-0.3, -0.25) is 9.59 Å². The fourth-order valence-electron chi connectivity index (χ4n) is 3.56. The monoisotopic (exact) mass is 417 g/mol. The highest BCUT2D eigenvalue weighted by Gasteiger charge is 2.29. The molecular formula is C22H27NO7. The zero-order valence-electron chi connectivity index (χ0n) is 17.6. The second-order valence-electron chi connectivity index (χ2n) is 7.13. The molecule has 0 saturated carbocycles. The zero-order chi connectivity index (χ0) is 21.7. The van der Waals surface area contributed by atoms with Crippen LogP contribution in [-0.4, -0.2) is 55.7 Å². The van der Waals surface area contributed by atoms with E-state index in [9.17, 15) is 14.4 Å². The molecule has 0 spiro atoms. The van der Waals surface area contributed by atoms with Gasteiger partial charge in [0.05, 0.1) is 19.1 Å². The number of carbonyl (C=O) groups is 3. The van der Waals surface area contributed by atoms with E-state index < -0.39 is 5.97 Å². The number of benzene rings is 1. The van der Waals surface area contributed by atoms with Crippen LogP contribution in [-0.2, 0) is 19.1 Å². The first-order valence-corrected chi connectivity index (χ1v) is 10.2. The normalized spacial score (nSPS) is 14.6. The number of rotatable bonds is 7. The molecule has 1 saturated heterocycles. The summed E-state index contributed by atoms with van der Waals surface area (Å²) in [5, 5.41) is 0.764. The van der Waals surface area contributed by atoms with E-state index in [1.54, 1.807) is 30.9 Å². The van der Waals surface area contributed by atoms with Crippen LogP contribution in [0.4, 0.5) is 0 Å². The van der Waals surface area contributed by atoms with Crippen molar-refractivity contribution in [2.75, 3.05) is 32.9 Å². The van der Waals surface area contributed by atoms with Crippen molar-refractivity contribution in [2.45, 2.75) is 33.6 Å². The van der Waals surface area contributed by atoms with E-state index >= 15 is 0 Å². The topological polar surface area (TPSA) is 95.3 Å². The van der Waals surface area contributed by atoms with Crippen LogP contribution < -0.4 is 4.74 Å². The minimum Gasteiger partial charge on any atom is -0.494 e. The summed E-state index contributed by atoms with van der Waals surface area (Å²) in [4.78, 5) is 38.3. The lowest BCUT2D eigenvalue weighted by Gasteiger charge is -2.30. The summed E-state index contributed by atoms with van der Waals surface area (Å²) in [6.07, 6.45) is 1.09. The molecule has 8 heteroatoms. The highest BCUT2D eigenvalue weighted by molar-refractivity contribution is 5.97. The minimum absolute atomic E-state index is 0.0764. The zero-order valence-corrected chi connectivity index (χ0v) is 17.6. The second kappa shape index (κ2) is 9.65. The number of likely N-dealkylation sites (tertiary alicyclic amines) is 1. The van der Waals surface area contributed by atoms with E-state index in [0.29, 0.717) is 56.0 Å². The molecule has 30 heavy (non-hydrogen) atoms. The number of esters is 2. The molecule has 0 atom stereocenters. The predicted octanol–water partition coefficient (Wildman–Crippen LogP) is 3.10. The van der Waals surface area contributed by atoms with Crippen molar-refractivity contribution in [1.29, 1.82) is 0 Å². The van der Waals surface area contributed by atoms with Gasteiger partial charge in [-0.2, -0.15) is 0 Å². The van der Waals surface area contributed by atoms with Crippen molar-refractivity contribution in [2.24, 2.45) is 5.92 Å². The predicted molar refractivity (Wildman–Crippen MR) is 108 cm³/mol. The smallest absolute Gasteiger partial charge is 0.375 e. The van der Waals surface area contributed by atoms with Gasteiger partial charge in [0, 0.05) is 24.0 Å². The number of furan rings is 1. The fourth-order valence-corrected chi connectivity index (χ4v) is 3.56. The molecule has 3 rings (SSSR count). The molecule has 0 aliphatic carbocycles. The molecule has 1 fully saturated rings. The molecule has 162 valence electrons. The molecule has 2 aromatic rings. The van der Waals surface area contributed by atoms with Crippen LogP contribution in [0.5, 0.6) is 5.75 Å². The van der Waals surface area contributed by atoms with Crippen molar-refractivity contribution in [1.82, 2.24) is 4.90 Å². The molecule has 8 nitrogen and oxygen atoms in total. The molecule has 0 N–H and O–H groups in total. The quantitative estimate of drug-likeness (QED) is 0.639. The van der Waals surface area contributed by atoms with Gasteiger partial charge in [-0.25, -0.2) is 4.79 Å². The van der Waals surface area contributed by atoms with Crippen molar-refractivity contribution in [3.05, 3.63) is 29.5 Å². The van der Waals surface area contributed by atoms with E-state index in [1.165, 1.54) is 0 Å².